The van der Waals surface area contributed by atoms with Gasteiger partial charge in [-0.25, -0.2) is 0 Å². The van der Waals surface area contributed by atoms with E-state index in [2.05, 4.69) is 5.32 Å². The molecule has 0 aliphatic heterocycles. The topological polar surface area (TPSA) is 55.1 Å². The fourth-order valence-electron chi connectivity index (χ4n) is 1.30. The van der Waals surface area contributed by atoms with Gasteiger partial charge >= 0.3 is 0 Å². The van der Waals surface area contributed by atoms with Gasteiger partial charge in [0.05, 0.1) is 5.54 Å². The lowest BCUT2D eigenvalue weighted by molar-refractivity contribution is -0.120. The Morgan fingerprint density at radius 3 is 2.62 bits per heavy atom. The molecule has 0 heterocycles. The molecule has 1 aromatic rings. The molecule has 3 N–H and O–H groups in total. The predicted octanol–water partition coefficient (Wildman–Crippen LogP) is 2.37. The Kier molecular flexibility index (Phi) is 3.70. The largest absolute Gasteiger partial charge is 0.324 e. The molecule has 1 aromatic carbocycles. The van der Waals surface area contributed by atoms with Gasteiger partial charge in [-0.05, 0) is 44.4 Å². The van der Waals surface area contributed by atoms with Gasteiger partial charge in [0.25, 0.3) is 0 Å². The van der Waals surface area contributed by atoms with E-state index in [1.54, 1.807) is 6.92 Å². The number of hydrogen-bond donors (Lipinski definition) is 2. The normalized spacial score (nSPS) is 14.3. The van der Waals surface area contributed by atoms with Gasteiger partial charge in [-0.1, -0.05) is 19.1 Å². The fraction of sp³-hybridized carbons (Fsp3) is 0.462. The van der Waals surface area contributed by atoms with E-state index in [4.69, 9.17) is 5.73 Å². The number of rotatable bonds is 3. The lowest BCUT2D eigenvalue weighted by atomic mass is 9.99. The Labute approximate surface area is 97.0 Å². The molecule has 16 heavy (non-hydrogen) atoms. The number of anilines is 1. The Morgan fingerprint density at radius 2 is 2.06 bits per heavy atom. The maximum atomic E-state index is 11.9. The van der Waals surface area contributed by atoms with Crippen molar-refractivity contribution in [3.8, 4) is 0 Å². The summed E-state index contributed by atoms with van der Waals surface area (Å²) in [6.45, 7) is 7.61. The van der Waals surface area contributed by atoms with E-state index in [1.807, 2.05) is 39.0 Å². The first-order valence-electron chi connectivity index (χ1n) is 5.54. The highest BCUT2D eigenvalue weighted by atomic mass is 16.2. The average molecular weight is 220 g/mol. The second-order valence-corrected chi connectivity index (χ2v) is 4.54. The van der Waals surface area contributed by atoms with Crippen molar-refractivity contribution in [3.05, 3.63) is 29.3 Å². The van der Waals surface area contributed by atoms with Crippen molar-refractivity contribution in [1.82, 2.24) is 0 Å². The first-order chi connectivity index (χ1) is 7.36. The van der Waals surface area contributed by atoms with E-state index < -0.39 is 5.54 Å². The van der Waals surface area contributed by atoms with Crippen LogP contribution in [0.25, 0.3) is 0 Å². The van der Waals surface area contributed by atoms with Crippen LogP contribution in [0.3, 0.4) is 0 Å². The summed E-state index contributed by atoms with van der Waals surface area (Å²) >= 11 is 0. The molecule has 0 saturated carbocycles. The first-order valence-corrected chi connectivity index (χ1v) is 5.54. The highest BCUT2D eigenvalue weighted by molar-refractivity contribution is 5.98. The highest BCUT2D eigenvalue weighted by Gasteiger charge is 2.26. The van der Waals surface area contributed by atoms with Gasteiger partial charge in [-0.3, -0.25) is 4.79 Å². The summed E-state index contributed by atoms with van der Waals surface area (Å²) in [6.07, 6.45) is 0.615. The van der Waals surface area contributed by atoms with Crippen LogP contribution in [0.5, 0.6) is 0 Å². The third-order valence-electron chi connectivity index (χ3n) is 2.89. The van der Waals surface area contributed by atoms with Gasteiger partial charge in [0, 0.05) is 5.69 Å². The van der Waals surface area contributed by atoms with Gasteiger partial charge in [0.2, 0.25) is 5.91 Å². The summed E-state index contributed by atoms with van der Waals surface area (Å²) in [5.41, 5.74) is 8.09. The van der Waals surface area contributed by atoms with Gasteiger partial charge < -0.3 is 11.1 Å². The Bertz CT molecular complexity index is 397. The number of aryl methyl sites for hydroxylation is 2. The number of carbonyl (C=O) groups excluding carboxylic acids is 1. The van der Waals surface area contributed by atoms with Crippen LogP contribution in [-0.2, 0) is 4.79 Å². The lowest BCUT2D eigenvalue weighted by Gasteiger charge is -2.22. The van der Waals surface area contributed by atoms with Gasteiger partial charge in [0.1, 0.15) is 0 Å². The number of hydrogen-bond acceptors (Lipinski definition) is 2. The zero-order valence-corrected chi connectivity index (χ0v) is 10.4. The zero-order valence-electron chi connectivity index (χ0n) is 10.4. The van der Waals surface area contributed by atoms with Crippen LogP contribution in [0.15, 0.2) is 18.2 Å². The number of nitrogens with two attached hydrogens (primary N) is 1. The molecule has 0 spiro atoms. The summed E-state index contributed by atoms with van der Waals surface area (Å²) in [6, 6.07) is 5.97. The van der Waals surface area contributed by atoms with Crippen molar-refractivity contribution < 1.29 is 4.79 Å². The van der Waals surface area contributed by atoms with E-state index >= 15 is 0 Å². The second kappa shape index (κ2) is 4.66. The molecule has 1 unspecified atom stereocenters. The quantitative estimate of drug-likeness (QED) is 0.821. The van der Waals surface area contributed by atoms with E-state index in [1.165, 1.54) is 0 Å². The smallest absolute Gasteiger partial charge is 0.244 e. The molecule has 0 aliphatic rings. The molecular formula is C13H20N2O. The molecule has 1 atom stereocenters. The minimum atomic E-state index is -0.809. The van der Waals surface area contributed by atoms with Gasteiger partial charge in [0.15, 0.2) is 0 Å². The van der Waals surface area contributed by atoms with Crippen LogP contribution in [-0.4, -0.2) is 11.4 Å². The fourth-order valence-corrected chi connectivity index (χ4v) is 1.30. The van der Waals surface area contributed by atoms with Crippen LogP contribution >= 0.6 is 0 Å². The van der Waals surface area contributed by atoms with Crippen LogP contribution in [0.4, 0.5) is 5.69 Å². The monoisotopic (exact) mass is 220 g/mol. The predicted molar refractivity (Wildman–Crippen MR) is 67.4 cm³/mol. The third-order valence-corrected chi connectivity index (χ3v) is 2.89. The molecule has 3 heteroatoms. The van der Waals surface area contributed by atoms with Crippen LogP contribution in [0.1, 0.15) is 31.4 Å². The van der Waals surface area contributed by atoms with E-state index in [9.17, 15) is 4.79 Å². The molecule has 0 aliphatic carbocycles. The first kappa shape index (κ1) is 12.7. The summed E-state index contributed by atoms with van der Waals surface area (Å²) in [4.78, 5) is 11.9. The van der Waals surface area contributed by atoms with Crippen molar-refractivity contribution in [2.75, 3.05) is 5.32 Å². The molecule has 0 bridgehead atoms. The van der Waals surface area contributed by atoms with Crippen LogP contribution < -0.4 is 11.1 Å². The summed E-state index contributed by atoms with van der Waals surface area (Å²) in [5.74, 6) is -0.135. The van der Waals surface area contributed by atoms with Crippen molar-refractivity contribution in [2.24, 2.45) is 5.73 Å². The number of nitrogens with one attached hydrogen (secondary N) is 1. The summed E-state index contributed by atoms with van der Waals surface area (Å²) < 4.78 is 0. The van der Waals surface area contributed by atoms with Crippen molar-refractivity contribution in [3.63, 3.8) is 0 Å². The van der Waals surface area contributed by atoms with E-state index in [-0.39, 0.29) is 5.91 Å². The van der Waals surface area contributed by atoms with E-state index in [0.29, 0.717) is 6.42 Å². The molecule has 1 rings (SSSR count). The third kappa shape index (κ3) is 2.83. The minimum Gasteiger partial charge on any atom is -0.324 e. The zero-order chi connectivity index (χ0) is 12.3. The van der Waals surface area contributed by atoms with Gasteiger partial charge in [-0.15, -0.1) is 0 Å². The minimum absolute atomic E-state index is 0.135. The van der Waals surface area contributed by atoms with Crippen molar-refractivity contribution in [1.29, 1.82) is 0 Å². The van der Waals surface area contributed by atoms with Crippen LogP contribution in [0.2, 0.25) is 0 Å². The maximum Gasteiger partial charge on any atom is 0.244 e. The SMILES string of the molecule is CCC(C)(N)C(=O)Nc1cc(C)ccc1C. The van der Waals surface area contributed by atoms with Crippen LogP contribution in [0, 0.1) is 13.8 Å². The van der Waals surface area contributed by atoms with E-state index in [0.717, 1.165) is 16.8 Å². The van der Waals surface area contributed by atoms with Gasteiger partial charge in [-0.2, -0.15) is 0 Å². The molecular weight excluding hydrogens is 200 g/mol. The summed E-state index contributed by atoms with van der Waals surface area (Å²) in [5, 5.41) is 2.88. The lowest BCUT2D eigenvalue weighted by Crippen LogP contribution is -2.47. The molecule has 0 aromatic heterocycles. The van der Waals surface area contributed by atoms with Crippen molar-refractivity contribution in [2.45, 2.75) is 39.7 Å². The van der Waals surface area contributed by atoms with Crippen molar-refractivity contribution >= 4 is 11.6 Å². The number of benzene rings is 1. The Morgan fingerprint density at radius 1 is 1.44 bits per heavy atom. The summed E-state index contributed by atoms with van der Waals surface area (Å²) in [7, 11) is 0. The standard InChI is InChI=1S/C13H20N2O/c1-5-13(4,14)12(16)15-11-8-9(2)6-7-10(11)3/h6-8H,5,14H2,1-4H3,(H,15,16). The Balaban J connectivity index is 2.89. The molecule has 0 saturated heterocycles. The molecule has 1 amide bonds. The Hall–Kier alpha value is -1.35. The molecule has 88 valence electrons. The average Bonchev–Trinajstić information content (AvgIpc) is 2.23. The molecule has 0 fully saturated rings. The molecule has 3 nitrogen and oxygen atoms in total. The maximum absolute atomic E-state index is 11.9. The number of amides is 1. The number of carbonyl (C=O) groups is 1. The second-order valence-electron chi connectivity index (χ2n) is 4.54. The molecule has 0 radical (unpaired) electrons. The highest BCUT2D eigenvalue weighted by Crippen LogP contribution is 2.18.